The average molecular weight is 225 g/mol. The van der Waals surface area contributed by atoms with Crippen LogP contribution in [0.5, 0.6) is 0 Å². The first-order chi connectivity index (χ1) is 8.43. The van der Waals surface area contributed by atoms with E-state index in [4.69, 9.17) is 0 Å². The van der Waals surface area contributed by atoms with E-state index in [9.17, 15) is 0 Å². The van der Waals surface area contributed by atoms with Gasteiger partial charge in [0.15, 0.2) is 5.65 Å². The number of aromatic nitrogens is 4. The lowest BCUT2D eigenvalue weighted by Crippen LogP contribution is -2.05. The normalized spacial score (nSPS) is 10.6. The van der Waals surface area contributed by atoms with Gasteiger partial charge in [-0.1, -0.05) is 30.3 Å². The maximum absolute atomic E-state index is 4.13. The lowest BCUT2D eigenvalue weighted by Gasteiger charge is -2.06. The van der Waals surface area contributed by atoms with E-state index in [0.717, 1.165) is 18.0 Å². The summed E-state index contributed by atoms with van der Waals surface area (Å²) >= 11 is 0. The molecule has 0 amide bonds. The number of rotatable bonds is 3. The van der Waals surface area contributed by atoms with Crippen molar-refractivity contribution in [2.24, 2.45) is 0 Å². The van der Waals surface area contributed by atoms with Crippen molar-refractivity contribution in [3.05, 3.63) is 54.6 Å². The first-order valence-corrected chi connectivity index (χ1v) is 5.35. The van der Waals surface area contributed by atoms with E-state index in [1.165, 1.54) is 11.9 Å². The Bertz CT molecular complexity index is 617. The molecule has 0 spiro atoms. The Kier molecular flexibility index (Phi) is 2.42. The van der Waals surface area contributed by atoms with Gasteiger partial charge in [-0.25, -0.2) is 4.98 Å². The fourth-order valence-corrected chi connectivity index (χ4v) is 1.66. The summed E-state index contributed by atoms with van der Waals surface area (Å²) in [7, 11) is 0. The zero-order chi connectivity index (χ0) is 11.5. The molecule has 0 aliphatic carbocycles. The van der Waals surface area contributed by atoms with Crippen LogP contribution in [-0.4, -0.2) is 19.6 Å². The zero-order valence-electron chi connectivity index (χ0n) is 9.11. The summed E-state index contributed by atoms with van der Waals surface area (Å²) in [6.45, 7) is 0.738. The summed E-state index contributed by atoms with van der Waals surface area (Å²) in [5, 5.41) is 7.42. The number of anilines is 1. The molecule has 0 aliphatic rings. The molecule has 84 valence electrons. The SMILES string of the molecule is c1ccc(CNc2cncc3ncnn23)cc1. The van der Waals surface area contributed by atoms with Gasteiger partial charge in [0.05, 0.1) is 12.4 Å². The zero-order valence-corrected chi connectivity index (χ0v) is 9.11. The summed E-state index contributed by atoms with van der Waals surface area (Å²) in [6.07, 6.45) is 4.94. The first kappa shape index (κ1) is 9.77. The van der Waals surface area contributed by atoms with Crippen molar-refractivity contribution < 1.29 is 0 Å². The molecular formula is C12H11N5. The Balaban J connectivity index is 1.84. The maximum atomic E-state index is 4.13. The van der Waals surface area contributed by atoms with Crippen molar-refractivity contribution in [1.29, 1.82) is 0 Å². The summed E-state index contributed by atoms with van der Waals surface area (Å²) in [5.74, 6) is 0.837. The van der Waals surface area contributed by atoms with E-state index in [2.05, 4.69) is 32.5 Å². The molecule has 5 heteroatoms. The Labute approximate surface area is 98.1 Å². The van der Waals surface area contributed by atoms with Gasteiger partial charge in [0, 0.05) is 6.54 Å². The number of nitrogens with one attached hydrogen (secondary N) is 1. The van der Waals surface area contributed by atoms with Crippen molar-refractivity contribution in [2.45, 2.75) is 6.54 Å². The molecule has 0 unspecified atom stereocenters. The molecule has 0 saturated heterocycles. The van der Waals surface area contributed by atoms with Crippen LogP contribution in [0.3, 0.4) is 0 Å². The number of fused-ring (bicyclic) bond motifs is 1. The highest BCUT2D eigenvalue weighted by molar-refractivity contribution is 5.44. The number of benzene rings is 1. The molecule has 2 heterocycles. The van der Waals surface area contributed by atoms with Gasteiger partial charge in [0.1, 0.15) is 12.1 Å². The number of hydrogen-bond donors (Lipinski definition) is 1. The van der Waals surface area contributed by atoms with Crippen molar-refractivity contribution in [3.63, 3.8) is 0 Å². The van der Waals surface area contributed by atoms with Crippen LogP contribution in [0.1, 0.15) is 5.56 Å². The smallest absolute Gasteiger partial charge is 0.175 e. The van der Waals surface area contributed by atoms with Crippen molar-refractivity contribution >= 4 is 11.5 Å². The summed E-state index contributed by atoms with van der Waals surface area (Å²) in [4.78, 5) is 8.20. The predicted octanol–water partition coefficient (Wildman–Crippen LogP) is 1.74. The fraction of sp³-hybridized carbons (Fsp3) is 0.0833. The Morgan fingerprint density at radius 2 is 2.00 bits per heavy atom. The topological polar surface area (TPSA) is 55.1 Å². The molecule has 5 nitrogen and oxygen atoms in total. The highest BCUT2D eigenvalue weighted by atomic mass is 15.3. The molecule has 3 rings (SSSR count). The van der Waals surface area contributed by atoms with E-state index in [1.54, 1.807) is 16.9 Å². The molecule has 0 atom stereocenters. The van der Waals surface area contributed by atoms with Gasteiger partial charge in [-0.15, -0.1) is 0 Å². The van der Waals surface area contributed by atoms with Gasteiger partial charge in [-0.3, -0.25) is 4.98 Å². The van der Waals surface area contributed by atoms with Gasteiger partial charge < -0.3 is 5.32 Å². The lowest BCUT2D eigenvalue weighted by molar-refractivity contribution is 0.930. The van der Waals surface area contributed by atoms with Crippen LogP contribution in [0.15, 0.2) is 49.1 Å². The third-order valence-electron chi connectivity index (χ3n) is 2.51. The monoisotopic (exact) mass is 225 g/mol. The molecule has 0 saturated carbocycles. The molecule has 2 aromatic heterocycles. The van der Waals surface area contributed by atoms with Crippen LogP contribution in [0, 0.1) is 0 Å². The second-order valence-corrected chi connectivity index (χ2v) is 3.66. The molecule has 0 aliphatic heterocycles. The van der Waals surface area contributed by atoms with Crippen molar-refractivity contribution in [2.75, 3.05) is 5.32 Å². The number of nitrogens with zero attached hydrogens (tertiary/aromatic N) is 4. The largest absolute Gasteiger partial charge is 0.365 e. The fourth-order valence-electron chi connectivity index (χ4n) is 1.66. The third-order valence-corrected chi connectivity index (χ3v) is 2.51. The molecule has 1 aromatic carbocycles. The van der Waals surface area contributed by atoms with Crippen LogP contribution in [0.2, 0.25) is 0 Å². The van der Waals surface area contributed by atoms with E-state index >= 15 is 0 Å². The van der Waals surface area contributed by atoms with E-state index in [-0.39, 0.29) is 0 Å². The summed E-state index contributed by atoms with van der Waals surface area (Å²) in [5.41, 5.74) is 1.95. The molecule has 0 radical (unpaired) electrons. The first-order valence-electron chi connectivity index (χ1n) is 5.35. The van der Waals surface area contributed by atoms with E-state index < -0.39 is 0 Å². The Hall–Kier alpha value is -2.43. The van der Waals surface area contributed by atoms with Crippen LogP contribution in [-0.2, 0) is 6.54 Å². The minimum absolute atomic E-state index is 0.738. The van der Waals surface area contributed by atoms with Crippen LogP contribution < -0.4 is 5.32 Å². The van der Waals surface area contributed by atoms with Crippen molar-refractivity contribution in [1.82, 2.24) is 19.6 Å². The number of hydrogen-bond acceptors (Lipinski definition) is 4. The van der Waals surface area contributed by atoms with Crippen LogP contribution >= 0.6 is 0 Å². The molecule has 3 aromatic rings. The van der Waals surface area contributed by atoms with Gasteiger partial charge in [0.2, 0.25) is 0 Å². The van der Waals surface area contributed by atoms with Crippen molar-refractivity contribution in [3.8, 4) is 0 Å². The summed E-state index contributed by atoms with van der Waals surface area (Å²) < 4.78 is 1.73. The van der Waals surface area contributed by atoms with Gasteiger partial charge in [-0.2, -0.15) is 9.61 Å². The highest BCUT2D eigenvalue weighted by Crippen LogP contribution is 2.08. The van der Waals surface area contributed by atoms with E-state index in [1.807, 2.05) is 18.2 Å². The summed E-state index contributed by atoms with van der Waals surface area (Å²) in [6, 6.07) is 10.2. The van der Waals surface area contributed by atoms with Gasteiger partial charge >= 0.3 is 0 Å². The molecule has 0 fully saturated rings. The van der Waals surface area contributed by atoms with E-state index in [0.29, 0.717) is 0 Å². The minimum Gasteiger partial charge on any atom is -0.365 e. The molecule has 17 heavy (non-hydrogen) atoms. The van der Waals surface area contributed by atoms with Crippen LogP contribution in [0.4, 0.5) is 5.82 Å². The quantitative estimate of drug-likeness (QED) is 0.737. The van der Waals surface area contributed by atoms with Gasteiger partial charge in [0.25, 0.3) is 0 Å². The Morgan fingerprint density at radius 3 is 2.88 bits per heavy atom. The standard InChI is InChI=1S/C12H11N5/c1-2-4-10(5-3-1)6-14-11-7-13-8-12-15-9-16-17(11)12/h1-5,7-9,14H,6H2. The predicted molar refractivity (Wildman–Crippen MR) is 64.6 cm³/mol. The lowest BCUT2D eigenvalue weighted by atomic mass is 10.2. The maximum Gasteiger partial charge on any atom is 0.175 e. The second kappa shape index (κ2) is 4.21. The molecule has 1 N–H and O–H groups in total. The molecular weight excluding hydrogens is 214 g/mol. The molecule has 0 bridgehead atoms. The van der Waals surface area contributed by atoms with Gasteiger partial charge in [-0.05, 0) is 5.56 Å². The second-order valence-electron chi connectivity index (χ2n) is 3.66. The highest BCUT2D eigenvalue weighted by Gasteiger charge is 2.01. The average Bonchev–Trinajstić information content (AvgIpc) is 2.86. The minimum atomic E-state index is 0.738. The third kappa shape index (κ3) is 1.94. The Morgan fingerprint density at radius 1 is 1.12 bits per heavy atom. The van der Waals surface area contributed by atoms with Crippen LogP contribution in [0.25, 0.3) is 5.65 Å².